The Morgan fingerprint density at radius 3 is 2.46 bits per heavy atom. The summed E-state index contributed by atoms with van der Waals surface area (Å²) in [4.78, 5) is 0. The van der Waals surface area contributed by atoms with Crippen LogP contribution in [0.3, 0.4) is 0 Å². The zero-order valence-corrected chi connectivity index (χ0v) is 9.09. The van der Waals surface area contributed by atoms with Crippen LogP contribution >= 0.6 is 0 Å². The first-order valence-corrected chi connectivity index (χ1v) is 4.90. The number of rotatable bonds is 2. The maximum atomic E-state index is 8.88. The van der Waals surface area contributed by atoms with Crippen molar-refractivity contribution in [2.24, 2.45) is 10.8 Å². The van der Waals surface area contributed by atoms with Crippen molar-refractivity contribution < 1.29 is 5.11 Å². The molecule has 1 heteroatoms. The zero-order valence-electron chi connectivity index (χ0n) is 9.09. The van der Waals surface area contributed by atoms with Gasteiger partial charge in [0.05, 0.1) is 6.61 Å². The topological polar surface area (TPSA) is 20.2 Å². The molecule has 0 fully saturated rings. The van der Waals surface area contributed by atoms with Crippen molar-refractivity contribution >= 4 is 0 Å². The van der Waals surface area contributed by atoms with Crippen molar-refractivity contribution in [3.8, 4) is 0 Å². The summed E-state index contributed by atoms with van der Waals surface area (Å²) in [5.41, 5.74) is 1.70. The predicted molar refractivity (Wildman–Crippen MR) is 56.5 cm³/mol. The van der Waals surface area contributed by atoms with Crippen LogP contribution in [-0.4, -0.2) is 11.7 Å². The van der Waals surface area contributed by atoms with E-state index >= 15 is 0 Å². The van der Waals surface area contributed by atoms with Gasteiger partial charge in [-0.1, -0.05) is 44.6 Å². The molecule has 74 valence electrons. The number of allylic oxidation sites excluding steroid dienone is 3. The lowest BCUT2D eigenvalue weighted by atomic mass is 9.65. The van der Waals surface area contributed by atoms with Gasteiger partial charge in [-0.15, -0.1) is 0 Å². The fourth-order valence-electron chi connectivity index (χ4n) is 2.07. The van der Waals surface area contributed by atoms with E-state index in [0.717, 1.165) is 6.42 Å². The van der Waals surface area contributed by atoms with Crippen LogP contribution in [0.2, 0.25) is 0 Å². The van der Waals surface area contributed by atoms with Crippen molar-refractivity contribution in [3.63, 3.8) is 0 Å². The minimum absolute atomic E-state index is 0.150. The van der Waals surface area contributed by atoms with Gasteiger partial charge in [0.25, 0.3) is 0 Å². The molecule has 0 aliphatic heterocycles. The third-order valence-electron chi connectivity index (χ3n) is 3.75. The van der Waals surface area contributed by atoms with Crippen molar-refractivity contribution in [1.82, 2.24) is 0 Å². The molecule has 0 spiro atoms. The Bertz CT molecular complexity index is 248. The maximum absolute atomic E-state index is 8.88. The van der Waals surface area contributed by atoms with E-state index in [2.05, 4.69) is 39.8 Å². The summed E-state index contributed by atoms with van der Waals surface area (Å²) in [6, 6.07) is 0. The van der Waals surface area contributed by atoms with Crippen molar-refractivity contribution in [2.45, 2.75) is 34.1 Å². The number of hydrogen-bond donors (Lipinski definition) is 1. The van der Waals surface area contributed by atoms with Gasteiger partial charge in [-0.3, -0.25) is 0 Å². The Balaban J connectivity index is 2.96. The van der Waals surface area contributed by atoms with E-state index in [0.29, 0.717) is 0 Å². The molecule has 0 saturated carbocycles. The lowest BCUT2D eigenvalue weighted by Gasteiger charge is -2.39. The van der Waals surface area contributed by atoms with E-state index in [1.165, 1.54) is 5.57 Å². The smallest absolute Gasteiger partial charge is 0.0615 e. The Labute approximate surface area is 81.2 Å². The molecule has 0 radical (unpaired) electrons. The first-order chi connectivity index (χ1) is 5.94. The summed E-state index contributed by atoms with van der Waals surface area (Å²) in [7, 11) is 0. The Kier molecular flexibility index (Phi) is 2.67. The number of aliphatic hydroxyl groups excluding tert-OH is 1. The summed E-state index contributed by atoms with van der Waals surface area (Å²) in [5, 5.41) is 8.88. The van der Waals surface area contributed by atoms with E-state index in [1.54, 1.807) is 0 Å². The Morgan fingerprint density at radius 1 is 1.46 bits per heavy atom. The number of hydrogen-bond acceptors (Lipinski definition) is 1. The van der Waals surface area contributed by atoms with Crippen LogP contribution in [0, 0.1) is 10.8 Å². The molecule has 0 aromatic heterocycles. The summed E-state index contributed by atoms with van der Waals surface area (Å²) >= 11 is 0. The number of aliphatic hydroxyl groups is 1. The molecular weight excluding hydrogens is 160 g/mol. The summed E-state index contributed by atoms with van der Waals surface area (Å²) in [5.74, 6) is 0. The third-order valence-corrected chi connectivity index (χ3v) is 3.75. The predicted octanol–water partition coefficient (Wildman–Crippen LogP) is 2.92. The van der Waals surface area contributed by atoms with Crippen LogP contribution in [0.4, 0.5) is 0 Å². The van der Waals surface area contributed by atoms with Gasteiger partial charge in [0.2, 0.25) is 0 Å². The molecule has 0 saturated heterocycles. The van der Waals surface area contributed by atoms with Gasteiger partial charge in [0, 0.05) is 5.41 Å². The van der Waals surface area contributed by atoms with E-state index < -0.39 is 0 Å². The van der Waals surface area contributed by atoms with Crippen molar-refractivity contribution in [1.29, 1.82) is 0 Å². The molecule has 0 aromatic rings. The van der Waals surface area contributed by atoms with Crippen molar-refractivity contribution in [2.75, 3.05) is 6.61 Å². The quantitative estimate of drug-likeness (QED) is 0.648. The lowest BCUT2D eigenvalue weighted by molar-refractivity contribution is 0.211. The minimum Gasteiger partial charge on any atom is -0.392 e. The maximum Gasteiger partial charge on any atom is 0.0615 e. The monoisotopic (exact) mass is 180 g/mol. The molecule has 1 N–H and O–H groups in total. The highest BCUT2D eigenvalue weighted by atomic mass is 16.2. The molecule has 1 aliphatic carbocycles. The highest BCUT2D eigenvalue weighted by molar-refractivity contribution is 5.26. The standard InChI is InChI=1S/C12H20O/c1-10(6-9-13)12(4)8-5-7-11(12,2)3/h5-7,13H,8-9H2,1-4H3. The SMILES string of the molecule is CC(=CCO)C1(C)CC=CC1(C)C. The Morgan fingerprint density at radius 2 is 2.08 bits per heavy atom. The molecular formula is C12H20O. The lowest BCUT2D eigenvalue weighted by Crippen LogP contribution is -2.31. The Hall–Kier alpha value is -0.560. The molecule has 1 rings (SSSR count). The van der Waals surface area contributed by atoms with Gasteiger partial charge in [0.1, 0.15) is 0 Å². The summed E-state index contributed by atoms with van der Waals surface area (Å²) in [6.45, 7) is 9.05. The molecule has 1 unspecified atom stereocenters. The highest BCUT2D eigenvalue weighted by Crippen LogP contribution is 2.52. The molecule has 0 heterocycles. The van der Waals surface area contributed by atoms with Gasteiger partial charge in [-0.2, -0.15) is 0 Å². The molecule has 1 aliphatic rings. The normalized spacial score (nSPS) is 32.5. The van der Waals surface area contributed by atoms with Gasteiger partial charge in [-0.05, 0) is 18.8 Å². The fourth-order valence-corrected chi connectivity index (χ4v) is 2.07. The average Bonchev–Trinajstić information content (AvgIpc) is 2.28. The average molecular weight is 180 g/mol. The van der Waals surface area contributed by atoms with Crippen LogP contribution < -0.4 is 0 Å². The van der Waals surface area contributed by atoms with Crippen LogP contribution in [0.5, 0.6) is 0 Å². The van der Waals surface area contributed by atoms with Crippen molar-refractivity contribution in [3.05, 3.63) is 23.8 Å². The van der Waals surface area contributed by atoms with Crippen LogP contribution in [0.15, 0.2) is 23.8 Å². The zero-order chi connectivity index (χ0) is 10.1. The van der Waals surface area contributed by atoms with E-state index in [1.807, 2.05) is 6.08 Å². The molecule has 0 amide bonds. The molecule has 13 heavy (non-hydrogen) atoms. The van der Waals surface area contributed by atoms with Gasteiger partial charge in [-0.25, -0.2) is 0 Å². The summed E-state index contributed by atoms with van der Waals surface area (Å²) < 4.78 is 0. The second kappa shape index (κ2) is 3.30. The molecule has 1 atom stereocenters. The molecule has 0 aromatic carbocycles. The van der Waals surface area contributed by atoms with Gasteiger partial charge in [0.15, 0.2) is 0 Å². The fraction of sp³-hybridized carbons (Fsp3) is 0.667. The first-order valence-electron chi connectivity index (χ1n) is 4.90. The van der Waals surface area contributed by atoms with Gasteiger partial charge >= 0.3 is 0 Å². The second-order valence-corrected chi connectivity index (χ2v) is 4.73. The van der Waals surface area contributed by atoms with E-state index in [9.17, 15) is 0 Å². The second-order valence-electron chi connectivity index (χ2n) is 4.73. The molecule has 1 nitrogen and oxygen atoms in total. The highest BCUT2D eigenvalue weighted by Gasteiger charge is 2.42. The van der Waals surface area contributed by atoms with Gasteiger partial charge < -0.3 is 5.11 Å². The first kappa shape index (κ1) is 10.5. The van der Waals surface area contributed by atoms with Crippen LogP contribution in [0.1, 0.15) is 34.1 Å². The minimum atomic E-state index is 0.150. The molecule has 0 bridgehead atoms. The van der Waals surface area contributed by atoms with Crippen LogP contribution in [0.25, 0.3) is 0 Å². The summed E-state index contributed by atoms with van der Waals surface area (Å²) in [6.07, 6.45) is 7.54. The van der Waals surface area contributed by atoms with E-state index in [-0.39, 0.29) is 17.4 Å². The van der Waals surface area contributed by atoms with Crippen LogP contribution in [-0.2, 0) is 0 Å². The third kappa shape index (κ3) is 1.58. The largest absolute Gasteiger partial charge is 0.392 e. The van der Waals surface area contributed by atoms with E-state index in [4.69, 9.17) is 5.11 Å².